The number of amides is 3. The second-order valence-electron chi connectivity index (χ2n) is 7.72. The van der Waals surface area contributed by atoms with Crippen LogP contribution in [-0.4, -0.2) is 71.8 Å². The molecular formula is C22H30N6O4S. The maximum absolute atomic E-state index is 11.9. The van der Waals surface area contributed by atoms with Crippen molar-refractivity contribution in [1.82, 2.24) is 20.1 Å². The first-order valence-corrected chi connectivity index (χ1v) is 11.2. The zero-order chi connectivity index (χ0) is 24.4. The normalized spacial score (nSPS) is 11.1. The lowest BCUT2D eigenvalue weighted by Gasteiger charge is -2.17. The van der Waals surface area contributed by atoms with E-state index in [0.29, 0.717) is 36.8 Å². The zero-order valence-electron chi connectivity index (χ0n) is 19.3. The highest BCUT2D eigenvalue weighted by atomic mass is 32.1. The van der Waals surface area contributed by atoms with E-state index in [0.717, 1.165) is 28.9 Å². The number of carboxylic acid groups (broad SMARTS) is 1. The van der Waals surface area contributed by atoms with Crippen LogP contribution in [0.25, 0.3) is 0 Å². The summed E-state index contributed by atoms with van der Waals surface area (Å²) in [5.74, 6) is -0.0860. The molecule has 0 atom stereocenters. The van der Waals surface area contributed by atoms with Crippen LogP contribution in [0.1, 0.15) is 29.5 Å². The molecule has 0 spiro atoms. The van der Waals surface area contributed by atoms with Gasteiger partial charge in [0.15, 0.2) is 5.13 Å². The van der Waals surface area contributed by atoms with Gasteiger partial charge in [0.2, 0.25) is 11.8 Å². The van der Waals surface area contributed by atoms with Crippen molar-refractivity contribution in [2.45, 2.75) is 32.7 Å². The summed E-state index contributed by atoms with van der Waals surface area (Å²) in [5, 5.41) is 14.0. The maximum atomic E-state index is 11.9. The van der Waals surface area contributed by atoms with Gasteiger partial charge in [-0.1, -0.05) is 12.1 Å². The number of aryl methyl sites for hydroxylation is 2. The van der Waals surface area contributed by atoms with E-state index in [1.807, 2.05) is 31.3 Å². The second kappa shape index (κ2) is 12.7. The van der Waals surface area contributed by atoms with Crippen LogP contribution in [0.4, 0.5) is 15.6 Å². The van der Waals surface area contributed by atoms with Gasteiger partial charge < -0.3 is 20.2 Å². The monoisotopic (exact) mass is 474 g/mol. The average molecular weight is 475 g/mol. The van der Waals surface area contributed by atoms with Gasteiger partial charge in [-0.15, -0.1) is 11.3 Å². The Morgan fingerprint density at radius 2 is 1.85 bits per heavy atom. The van der Waals surface area contributed by atoms with Gasteiger partial charge in [0.1, 0.15) is 0 Å². The third kappa shape index (κ3) is 9.38. The van der Waals surface area contributed by atoms with E-state index >= 15 is 0 Å². The summed E-state index contributed by atoms with van der Waals surface area (Å²) >= 11 is 1.45. The summed E-state index contributed by atoms with van der Waals surface area (Å²) in [4.78, 5) is 47.2. The molecule has 0 radical (unpaired) electrons. The smallest absolute Gasteiger partial charge is 0.409 e. The first-order valence-electron chi connectivity index (χ1n) is 10.4. The van der Waals surface area contributed by atoms with Crippen LogP contribution in [0.3, 0.4) is 0 Å². The number of hydrogen-bond acceptors (Lipinski definition) is 7. The molecule has 3 amide bonds. The molecule has 10 nitrogen and oxygen atoms in total. The second-order valence-corrected chi connectivity index (χ2v) is 8.80. The van der Waals surface area contributed by atoms with Gasteiger partial charge in [-0.05, 0) is 37.6 Å². The summed E-state index contributed by atoms with van der Waals surface area (Å²) in [5.41, 5.74) is 2.65. The minimum Gasteiger partial charge on any atom is -0.465 e. The van der Waals surface area contributed by atoms with Crippen LogP contribution in [0.2, 0.25) is 0 Å². The van der Waals surface area contributed by atoms with Crippen LogP contribution in [-0.2, 0) is 29.0 Å². The van der Waals surface area contributed by atoms with Crippen molar-refractivity contribution in [3.05, 3.63) is 40.4 Å². The Balaban J connectivity index is 2.03. The first kappa shape index (κ1) is 25.9. The molecule has 11 heteroatoms. The van der Waals surface area contributed by atoms with Gasteiger partial charge in [-0.2, -0.15) is 0 Å². The number of benzene rings is 1. The fourth-order valence-corrected chi connectivity index (χ4v) is 4.05. The van der Waals surface area contributed by atoms with Gasteiger partial charge in [-0.3, -0.25) is 14.9 Å². The van der Waals surface area contributed by atoms with E-state index in [4.69, 9.17) is 5.11 Å². The number of hydrogen-bond donors (Lipinski definition) is 3. The van der Waals surface area contributed by atoms with Gasteiger partial charge in [-0.25, -0.2) is 14.8 Å². The largest absolute Gasteiger partial charge is 0.465 e. The molecular weight excluding hydrogens is 444 g/mol. The first-order chi connectivity index (χ1) is 15.6. The predicted molar refractivity (Wildman–Crippen MR) is 129 cm³/mol. The summed E-state index contributed by atoms with van der Waals surface area (Å²) in [6.07, 6.45) is 1.84. The zero-order valence-corrected chi connectivity index (χ0v) is 20.1. The minimum absolute atomic E-state index is 0.0804. The van der Waals surface area contributed by atoms with Gasteiger partial charge >= 0.3 is 6.09 Å². The molecule has 0 bridgehead atoms. The molecule has 178 valence electrons. The Hall–Kier alpha value is -3.31. The number of rotatable bonds is 11. The Kier molecular flexibility index (Phi) is 9.95. The average Bonchev–Trinajstić information content (AvgIpc) is 3.11. The van der Waals surface area contributed by atoms with Crippen molar-refractivity contribution in [1.29, 1.82) is 0 Å². The molecule has 33 heavy (non-hydrogen) atoms. The molecule has 0 unspecified atom stereocenters. The fourth-order valence-electron chi connectivity index (χ4n) is 2.91. The van der Waals surface area contributed by atoms with Crippen LogP contribution in [0.15, 0.2) is 29.3 Å². The van der Waals surface area contributed by atoms with E-state index in [-0.39, 0.29) is 11.8 Å². The topological polar surface area (TPSA) is 127 Å². The van der Waals surface area contributed by atoms with Crippen LogP contribution in [0, 0.1) is 0 Å². The van der Waals surface area contributed by atoms with Gasteiger partial charge in [0, 0.05) is 45.4 Å². The third-order valence-corrected chi connectivity index (χ3v) is 5.67. The molecule has 0 aliphatic carbocycles. The van der Waals surface area contributed by atoms with Crippen LogP contribution in [0.5, 0.6) is 0 Å². The fraction of sp³-hybridized carbons (Fsp3) is 0.409. The number of thiazole rings is 1. The lowest BCUT2D eigenvalue weighted by molar-refractivity contribution is -0.129. The number of nitrogens with zero attached hydrogens (tertiary/aromatic N) is 4. The van der Waals surface area contributed by atoms with E-state index < -0.39 is 6.09 Å². The predicted octanol–water partition coefficient (Wildman–Crippen LogP) is 2.72. The highest BCUT2D eigenvalue weighted by molar-refractivity contribution is 7.15. The standard InChI is InChI=1S/C22H30N6O4S/c1-15(29)25-21-26-18(19(33-21)13-28(4)12-11-20(30)27(2)3)10-7-16-5-8-17(9-6-16)23-14-24-22(31)32/h5-6,8-9,14H,7,10-13H2,1-4H3,(H,23,24)(H,31,32)(H,25,26,29). The van der Waals surface area contributed by atoms with Crippen molar-refractivity contribution < 1.29 is 19.5 Å². The van der Waals surface area contributed by atoms with Crippen LogP contribution < -0.4 is 10.6 Å². The van der Waals surface area contributed by atoms with Gasteiger partial charge in [0.05, 0.1) is 17.7 Å². The summed E-state index contributed by atoms with van der Waals surface area (Å²) < 4.78 is 0. The lowest BCUT2D eigenvalue weighted by atomic mass is 10.1. The van der Waals surface area contributed by atoms with E-state index in [9.17, 15) is 14.4 Å². The molecule has 0 saturated heterocycles. The molecule has 1 aromatic heterocycles. The van der Waals surface area contributed by atoms with Gasteiger partial charge in [0.25, 0.3) is 0 Å². The van der Waals surface area contributed by atoms with E-state index in [1.165, 1.54) is 18.3 Å². The molecule has 0 aliphatic heterocycles. The van der Waals surface area contributed by atoms with E-state index in [2.05, 4.69) is 25.5 Å². The molecule has 2 aromatic rings. The Bertz CT molecular complexity index is 987. The van der Waals surface area contributed by atoms with E-state index in [1.54, 1.807) is 19.0 Å². The summed E-state index contributed by atoms with van der Waals surface area (Å²) in [7, 11) is 5.45. The van der Waals surface area contributed by atoms with Crippen molar-refractivity contribution in [3.8, 4) is 0 Å². The Labute approximate surface area is 197 Å². The third-order valence-electron chi connectivity index (χ3n) is 4.67. The Morgan fingerprint density at radius 1 is 1.15 bits per heavy atom. The molecule has 0 saturated carbocycles. The number of anilines is 1. The van der Waals surface area contributed by atoms with Crippen molar-refractivity contribution in [2.24, 2.45) is 4.99 Å². The SMILES string of the molecule is CC(=O)Nc1nc(CCc2ccc(N=CNC(=O)O)cc2)c(CN(C)CCC(=O)N(C)C)s1. The number of carbonyl (C=O) groups is 3. The summed E-state index contributed by atoms with van der Waals surface area (Å²) in [6, 6.07) is 7.51. The number of carbonyl (C=O) groups excluding carboxylic acids is 2. The lowest BCUT2D eigenvalue weighted by Crippen LogP contribution is -2.27. The molecule has 1 heterocycles. The molecule has 3 N–H and O–H groups in total. The molecule has 2 rings (SSSR count). The highest BCUT2D eigenvalue weighted by Gasteiger charge is 2.15. The van der Waals surface area contributed by atoms with Crippen molar-refractivity contribution in [3.63, 3.8) is 0 Å². The number of aliphatic imine (C=N–C) groups is 1. The van der Waals surface area contributed by atoms with Crippen molar-refractivity contribution >= 4 is 46.4 Å². The summed E-state index contributed by atoms with van der Waals surface area (Å²) in [6.45, 7) is 2.72. The Morgan fingerprint density at radius 3 is 2.45 bits per heavy atom. The molecule has 0 fully saturated rings. The van der Waals surface area contributed by atoms with Crippen molar-refractivity contribution in [2.75, 3.05) is 33.0 Å². The number of aromatic nitrogens is 1. The highest BCUT2D eigenvalue weighted by Crippen LogP contribution is 2.26. The molecule has 0 aliphatic rings. The number of nitrogens with one attached hydrogen (secondary N) is 2. The quantitative estimate of drug-likeness (QED) is 0.339. The maximum Gasteiger partial charge on any atom is 0.409 e. The molecule has 1 aromatic carbocycles. The minimum atomic E-state index is -1.16. The van der Waals surface area contributed by atoms with Crippen LogP contribution >= 0.6 is 11.3 Å².